The van der Waals surface area contributed by atoms with Gasteiger partial charge in [-0.3, -0.25) is 9.48 Å². The van der Waals surface area contributed by atoms with Gasteiger partial charge in [0.2, 0.25) is 0 Å². The zero-order chi connectivity index (χ0) is 12.3. The summed E-state index contributed by atoms with van der Waals surface area (Å²) < 4.78 is 1.62. The first-order valence-corrected chi connectivity index (χ1v) is 5.14. The molecule has 88 valence electrons. The molecule has 6 heteroatoms. The third-order valence-electron chi connectivity index (χ3n) is 2.24. The van der Waals surface area contributed by atoms with Gasteiger partial charge in [-0.1, -0.05) is 0 Å². The molecule has 2 heterocycles. The summed E-state index contributed by atoms with van der Waals surface area (Å²) >= 11 is 0. The largest absolute Gasteiger partial charge is 0.372 e. The minimum Gasteiger partial charge on any atom is -0.372 e. The molecular formula is C11H13N5O. The van der Waals surface area contributed by atoms with E-state index in [4.69, 9.17) is 0 Å². The van der Waals surface area contributed by atoms with Crippen molar-refractivity contribution in [2.45, 2.75) is 0 Å². The van der Waals surface area contributed by atoms with Gasteiger partial charge in [-0.05, 0) is 12.1 Å². The van der Waals surface area contributed by atoms with Gasteiger partial charge in [-0.15, -0.1) is 0 Å². The molecule has 1 amide bonds. The number of carbonyl (C=O) groups is 1. The Morgan fingerprint density at radius 2 is 2.24 bits per heavy atom. The monoisotopic (exact) mass is 231 g/mol. The summed E-state index contributed by atoms with van der Waals surface area (Å²) in [5, 5.41) is 9.65. The molecule has 0 atom stereocenters. The summed E-state index contributed by atoms with van der Waals surface area (Å²) in [6.07, 6.45) is 3.39. The molecule has 17 heavy (non-hydrogen) atoms. The fourth-order valence-corrected chi connectivity index (χ4v) is 1.45. The van der Waals surface area contributed by atoms with Crippen LogP contribution in [0.5, 0.6) is 0 Å². The van der Waals surface area contributed by atoms with Crippen LogP contribution in [-0.4, -0.2) is 27.7 Å². The molecule has 0 aliphatic rings. The van der Waals surface area contributed by atoms with Crippen molar-refractivity contribution in [3.63, 3.8) is 0 Å². The molecule has 0 radical (unpaired) electrons. The number of pyridine rings is 1. The van der Waals surface area contributed by atoms with Gasteiger partial charge in [0.05, 0.1) is 5.56 Å². The average molecular weight is 231 g/mol. The summed E-state index contributed by atoms with van der Waals surface area (Å²) in [4.78, 5) is 16.0. The van der Waals surface area contributed by atoms with Crippen LogP contribution in [0.25, 0.3) is 0 Å². The number of aromatic nitrogens is 3. The standard InChI is InChI=1S/C11H13N5O/c1-12-10-8(4-3-6-13-10)11(17)14-9-5-7-16(2)15-9/h3-7H,1-2H3,(H,12,13)(H,14,15,17). The molecular weight excluding hydrogens is 218 g/mol. The Hall–Kier alpha value is -2.37. The van der Waals surface area contributed by atoms with Crippen molar-refractivity contribution < 1.29 is 4.79 Å². The molecule has 0 aliphatic heterocycles. The first-order valence-electron chi connectivity index (χ1n) is 5.14. The molecule has 2 N–H and O–H groups in total. The Morgan fingerprint density at radius 1 is 1.41 bits per heavy atom. The molecule has 6 nitrogen and oxygen atoms in total. The summed E-state index contributed by atoms with van der Waals surface area (Å²) in [6, 6.07) is 5.15. The van der Waals surface area contributed by atoms with E-state index in [2.05, 4.69) is 20.7 Å². The lowest BCUT2D eigenvalue weighted by Crippen LogP contribution is -2.15. The third-order valence-corrected chi connectivity index (χ3v) is 2.24. The van der Waals surface area contributed by atoms with Crippen LogP contribution >= 0.6 is 0 Å². The zero-order valence-corrected chi connectivity index (χ0v) is 9.64. The van der Waals surface area contributed by atoms with E-state index in [1.165, 1.54) is 0 Å². The van der Waals surface area contributed by atoms with Crippen LogP contribution in [0, 0.1) is 0 Å². The summed E-state index contributed by atoms with van der Waals surface area (Å²) in [5.74, 6) is 0.825. The van der Waals surface area contributed by atoms with Crippen molar-refractivity contribution in [3.8, 4) is 0 Å². The molecule has 2 aromatic heterocycles. The number of nitrogens with one attached hydrogen (secondary N) is 2. The number of carbonyl (C=O) groups excluding carboxylic acids is 1. The predicted molar refractivity (Wildman–Crippen MR) is 64.9 cm³/mol. The van der Waals surface area contributed by atoms with E-state index in [1.807, 2.05) is 0 Å². The van der Waals surface area contributed by atoms with Crippen molar-refractivity contribution in [2.24, 2.45) is 7.05 Å². The van der Waals surface area contributed by atoms with Crippen molar-refractivity contribution in [2.75, 3.05) is 17.7 Å². The van der Waals surface area contributed by atoms with Crippen molar-refractivity contribution in [1.82, 2.24) is 14.8 Å². The average Bonchev–Trinajstić information content (AvgIpc) is 2.74. The van der Waals surface area contributed by atoms with Gasteiger partial charge in [-0.2, -0.15) is 5.10 Å². The topological polar surface area (TPSA) is 71.8 Å². The van der Waals surface area contributed by atoms with Crippen LogP contribution in [0.1, 0.15) is 10.4 Å². The van der Waals surface area contributed by atoms with E-state index in [-0.39, 0.29) is 5.91 Å². The van der Waals surface area contributed by atoms with Crippen molar-refractivity contribution in [1.29, 1.82) is 0 Å². The highest BCUT2D eigenvalue weighted by molar-refractivity contribution is 6.06. The SMILES string of the molecule is CNc1ncccc1C(=O)Nc1ccn(C)n1. The Bertz CT molecular complexity index is 534. The van der Waals surface area contributed by atoms with E-state index < -0.39 is 0 Å². The maximum Gasteiger partial charge on any atom is 0.260 e. The predicted octanol–water partition coefficient (Wildman–Crippen LogP) is 1.11. The summed E-state index contributed by atoms with van der Waals surface area (Å²) in [6.45, 7) is 0. The van der Waals surface area contributed by atoms with Crippen LogP contribution in [0.3, 0.4) is 0 Å². The van der Waals surface area contributed by atoms with Gasteiger partial charge in [0.1, 0.15) is 5.82 Å². The Morgan fingerprint density at radius 3 is 2.88 bits per heavy atom. The molecule has 2 aromatic rings. The van der Waals surface area contributed by atoms with Gasteiger partial charge in [0.25, 0.3) is 5.91 Å². The second-order valence-corrected chi connectivity index (χ2v) is 3.48. The number of rotatable bonds is 3. The molecule has 0 saturated heterocycles. The number of hydrogen-bond acceptors (Lipinski definition) is 4. The number of amides is 1. The Balaban J connectivity index is 2.20. The second kappa shape index (κ2) is 4.65. The van der Waals surface area contributed by atoms with Crippen LogP contribution in [0.2, 0.25) is 0 Å². The van der Waals surface area contributed by atoms with Crippen LogP contribution in [-0.2, 0) is 7.05 Å². The lowest BCUT2D eigenvalue weighted by atomic mass is 10.2. The highest BCUT2D eigenvalue weighted by atomic mass is 16.1. The second-order valence-electron chi connectivity index (χ2n) is 3.48. The Labute approximate surface area is 98.7 Å². The van der Waals surface area contributed by atoms with Gasteiger partial charge in [0, 0.05) is 32.6 Å². The highest BCUT2D eigenvalue weighted by Gasteiger charge is 2.12. The first-order chi connectivity index (χ1) is 8.20. The number of anilines is 2. The Kier molecular flexibility index (Phi) is 3.04. The molecule has 0 fully saturated rings. The van der Waals surface area contributed by atoms with E-state index in [9.17, 15) is 4.79 Å². The van der Waals surface area contributed by atoms with E-state index in [0.717, 1.165) is 0 Å². The minimum atomic E-state index is -0.235. The quantitative estimate of drug-likeness (QED) is 0.830. The number of nitrogens with zero attached hydrogens (tertiary/aromatic N) is 3. The molecule has 0 aromatic carbocycles. The van der Waals surface area contributed by atoms with Crippen molar-refractivity contribution in [3.05, 3.63) is 36.2 Å². The van der Waals surface area contributed by atoms with Gasteiger partial charge in [-0.25, -0.2) is 4.98 Å². The maximum atomic E-state index is 12.0. The molecule has 0 bridgehead atoms. The smallest absolute Gasteiger partial charge is 0.260 e. The van der Waals surface area contributed by atoms with E-state index >= 15 is 0 Å². The fourth-order valence-electron chi connectivity index (χ4n) is 1.45. The van der Waals surface area contributed by atoms with Crippen LogP contribution < -0.4 is 10.6 Å². The van der Waals surface area contributed by atoms with E-state index in [0.29, 0.717) is 17.2 Å². The zero-order valence-electron chi connectivity index (χ0n) is 9.64. The third kappa shape index (κ3) is 2.41. The normalized spacial score (nSPS) is 10.0. The van der Waals surface area contributed by atoms with Gasteiger partial charge in [0.15, 0.2) is 5.82 Å². The molecule has 2 rings (SSSR count). The molecule has 0 unspecified atom stereocenters. The highest BCUT2D eigenvalue weighted by Crippen LogP contribution is 2.12. The number of hydrogen-bond donors (Lipinski definition) is 2. The minimum absolute atomic E-state index is 0.235. The lowest BCUT2D eigenvalue weighted by Gasteiger charge is -2.06. The summed E-state index contributed by atoms with van der Waals surface area (Å²) in [5.41, 5.74) is 0.487. The van der Waals surface area contributed by atoms with Crippen molar-refractivity contribution >= 4 is 17.5 Å². The molecule has 0 saturated carbocycles. The first kappa shape index (κ1) is 11.1. The van der Waals surface area contributed by atoms with Crippen LogP contribution in [0.15, 0.2) is 30.6 Å². The van der Waals surface area contributed by atoms with Gasteiger partial charge < -0.3 is 10.6 Å². The van der Waals surface area contributed by atoms with Gasteiger partial charge >= 0.3 is 0 Å². The van der Waals surface area contributed by atoms with E-state index in [1.54, 1.807) is 49.4 Å². The molecule has 0 spiro atoms. The summed E-state index contributed by atoms with van der Waals surface area (Å²) in [7, 11) is 3.51. The lowest BCUT2D eigenvalue weighted by molar-refractivity contribution is 0.102. The fraction of sp³-hybridized carbons (Fsp3) is 0.182. The maximum absolute atomic E-state index is 12.0. The molecule has 0 aliphatic carbocycles. The number of aryl methyl sites for hydroxylation is 1. The van der Waals surface area contributed by atoms with Crippen LogP contribution in [0.4, 0.5) is 11.6 Å².